The number of aliphatic hydroxyl groups excluding tert-OH is 1. The molecule has 1 heterocycles. The van der Waals surface area contributed by atoms with Crippen molar-refractivity contribution >= 4 is 27.3 Å². The van der Waals surface area contributed by atoms with Gasteiger partial charge in [0.25, 0.3) is 0 Å². The molecule has 80 valence electrons. The molecule has 1 nitrogen and oxygen atoms in total. The molecule has 0 aliphatic carbocycles. The van der Waals surface area contributed by atoms with E-state index < -0.39 is 0 Å². The van der Waals surface area contributed by atoms with E-state index in [9.17, 15) is 0 Å². The maximum atomic E-state index is 9.01. The molecular weight excluding hydrogens is 260 g/mol. The molecule has 0 amide bonds. The molecule has 0 spiro atoms. The average molecular weight is 277 g/mol. The zero-order chi connectivity index (χ0) is 10.6. The van der Waals surface area contributed by atoms with Crippen molar-refractivity contribution in [2.45, 2.75) is 32.6 Å². The van der Waals surface area contributed by atoms with Crippen LogP contribution in [0, 0.1) is 5.92 Å². The molecular formula is C11H17BrOS. The highest BCUT2D eigenvalue weighted by Crippen LogP contribution is 2.34. The summed E-state index contributed by atoms with van der Waals surface area (Å²) in [6.07, 6.45) is 2.04. The van der Waals surface area contributed by atoms with Crippen molar-refractivity contribution in [3.8, 4) is 0 Å². The Bertz CT molecular complexity index is 270. The zero-order valence-corrected chi connectivity index (χ0v) is 11.1. The lowest BCUT2D eigenvalue weighted by molar-refractivity contribution is 0.268. The Morgan fingerprint density at radius 3 is 2.57 bits per heavy atom. The highest BCUT2D eigenvalue weighted by Gasteiger charge is 2.14. The van der Waals surface area contributed by atoms with Gasteiger partial charge in [0.15, 0.2) is 0 Å². The first-order valence-corrected chi connectivity index (χ1v) is 6.60. The van der Waals surface area contributed by atoms with E-state index >= 15 is 0 Å². The van der Waals surface area contributed by atoms with Gasteiger partial charge in [-0.3, -0.25) is 0 Å². The van der Waals surface area contributed by atoms with Crippen molar-refractivity contribution in [1.29, 1.82) is 0 Å². The van der Waals surface area contributed by atoms with E-state index in [0.717, 1.165) is 12.8 Å². The average Bonchev–Trinajstić information content (AvgIpc) is 2.50. The van der Waals surface area contributed by atoms with Crippen LogP contribution >= 0.6 is 27.3 Å². The second kappa shape index (κ2) is 5.89. The molecule has 0 aliphatic heterocycles. The number of rotatable bonds is 5. The van der Waals surface area contributed by atoms with Crippen molar-refractivity contribution in [1.82, 2.24) is 0 Å². The maximum Gasteiger partial charge on any atom is 0.0701 e. The zero-order valence-electron chi connectivity index (χ0n) is 8.66. The van der Waals surface area contributed by atoms with Gasteiger partial charge >= 0.3 is 0 Å². The minimum Gasteiger partial charge on any atom is -0.396 e. The number of hydrogen-bond acceptors (Lipinski definition) is 2. The van der Waals surface area contributed by atoms with E-state index in [-0.39, 0.29) is 6.61 Å². The monoisotopic (exact) mass is 276 g/mol. The summed E-state index contributed by atoms with van der Waals surface area (Å²) < 4.78 is 1.18. The topological polar surface area (TPSA) is 20.2 Å². The first-order chi connectivity index (χ1) is 6.63. The van der Waals surface area contributed by atoms with Gasteiger partial charge in [0.05, 0.1) is 3.79 Å². The molecule has 1 unspecified atom stereocenters. The van der Waals surface area contributed by atoms with Gasteiger partial charge in [-0.15, -0.1) is 11.3 Å². The molecule has 0 radical (unpaired) electrons. The molecule has 0 bridgehead atoms. The summed E-state index contributed by atoms with van der Waals surface area (Å²) in [4.78, 5) is 1.39. The van der Waals surface area contributed by atoms with Crippen LogP contribution in [0.2, 0.25) is 0 Å². The first-order valence-electron chi connectivity index (χ1n) is 4.99. The van der Waals surface area contributed by atoms with Gasteiger partial charge in [0, 0.05) is 11.5 Å². The van der Waals surface area contributed by atoms with E-state index in [1.165, 1.54) is 8.66 Å². The fraction of sp³-hybridized carbons (Fsp3) is 0.636. The van der Waals surface area contributed by atoms with Crippen LogP contribution in [-0.2, 0) is 0 Å². The van der Waals surface area contributed by atoms with E-state index in [2.05, 4.69) is 41.9 Å². The molecule has 14 heavy (non-hydrogen) atoms. The Labute approximate surface area is 98.3 Å². The Balaban J connectivity index is 2.66. The summed E-state index contributed by atoms with van der Waals surface area (Å²) in [6, 6.07) is 4.25. The molecule has 1 aromatic rings. The maximum absolute atomic E-state index is 9.01. The molecule has 0 saturated carbocycles. The van der Waals surface area contributed by atoms with Crippen molar-refractivity contribution in [3.63, 3.8) is 0 Å². The SMILES string of the molecule is CC(C)CC(CCO)c1ccc(Br)s1. The predicted octanol–water partition coefficient (Wildman–Crippen LogP) is 4.02. The van der Waals surface area contributed by atoms with E-state index in [1.807, 2.05) is 0 Å². The third-order valence-corrected chi connectivity index (χ3v) is 4.02. The third kappa shape index (κ3) is 3.71. The van der Waals surface area contributed by atoms with Gasteiger partial charge in [-0.1, -0.05) is 13.8 Å². The number of thiophene rings is 1. The lowest BCUT2D eigenvalue weighted by Gasteiger charge is -2.16. The van der Waals surface area contributed by atoms with Crippen LogP contribution in [0.15, 0.2) is 15.9 Å². The number of aliphatic hydroxyl groups is 1. The molecule has 1 N–H and O–H groups in total. The molecule has 1 rings (SSSR count). The van der Waals surface area contributed by atoms with Crippen molar-refractivity contribution < 1.29 is 5.11 Å². The smallest absolute Gasteiger partial charge is 0.0701 e. The van der Waals surface area contributed by atoms with Crippen LogP contribution in [-0.4, -0.2) is 11.7 Å². The fourth-order valence-corrected chi connectivity index (χ4v) is 3.22. The predicted molar refractivity (Wildman–Crippen MR) is 65.9 cm³/mol. The largest absolute Gasteiger partial charge is 0.396 e. The minimum atomic E-state index is 0.285. The van der Waals surface area contributed by atoms with Crippen LogP contribution < -0.4 is 0 Å². The Morgan fingerprint density at radius 1 is 1.43 bits per heavy atom. The second-order valence-corrected chi connectivity index (χ2v) is 6.48. The molecule has 0 aliphatic rings. The van der Waals surface area contributed by atoms with Gasteiger partial charge in [-0.25, -0.2) is 0 Å². The van der Waals surface area contributed by atoms with Crippen LogP contribution in [0.25, 0.3) is 0 Å². The van der Waals surface area contributed by atoms with Crippen LogP contribution in [0.5, 0.6) is 0 Å². The first kappa shape index (κ1) is 12.2. The van der Waals surface area contributed by atoms with Gasteiger partial charge < -0.3 is 5.11 Å². The lowest BCUT2D eigenvalue weighted by atomic mass is 9.93. The summed E-state index contributed by atoms with van der Waals surface area (Å²) in [5.74, 6) is 1.21. The highest BCUT2D eigenvalue weighted by molar-refractivity contribution is 9.11. The van der Waals surface area contributed by atoms with Crippen LogP contribution in [0.4, 0.5) is 0 Å². The normalized spacial score (nSPS) is 13.5. The lowest BCUT2D eigenvalue weighted by Crippen LogP contribution is -2.03. The summed E-state index contributed by atoms with van der Waals surface area (Å²) in [5, 5.41) is 9.01. The molecule has 0 fully saturated rings. The standard InChI is InChI=1S/C11H17BrOS/c1-8(2)7-9(5-6-13)10-3-4-11(12)14-10/h3-4,8-9,13H,5-7H2,1-2H3. The molecule has 1 atom stereocenters. The Hall–Kier alpha value is 0.140. The molecule has 3 heteroatoms. The summed E-state index contributed by atoms with van der Waals surface area (Å²) >= 11 is 5.26. The molecule has 1 aromatic heterocycles. The minimum absolute atomic E-state index is 0.285. The van der Waals surface area contributed by atoms with Crippen molar-refractivity contribution in [2.75, 3.05) is 6.61 Å². The Morgan fingerprint density at radius 2 is 2.14 bits per heavy atom. The van der Waals surface area contributed by atoms with Crippen molar-refractivity contribution in [3.05, 3.63) is 20.8 Å². The van der Waals surface area contributed by atoms with E-state index in [1.54, 1.807) is 11.3 Å². The molecule has 0 aromatic carbocycles. The summed E-state index contributed by atoms with van der Waals surface area (Å²) in [5.41, 5.74) is 0. The van der Waals surface area contributed by atoms with Crippen molar-refractivity contribution in [2.24, 2.45) is 5.92 Å². The quantitative estimate of drug-likeness (QED) is 0.861. The summed E-state index contributed by atoms with van der Waals surface area (Å²) in [6.45, 7) is 4.74. The van der Waals surface area contributed by atoms with E-state index in [0.29, 0.717) is 11.8 Å². The second-order valence-electron chi connectivity index (χ2n) is 3.98. The Kier molecular flexibility index (Phi) is 5.13. The highest BCUT2D eigenvalue weighted by atomic mass is 79.9. The van der Waals surface area contributed by atoms with Gasteiger partial charge in [-0.05, 0) is 52.7 Å². The number of hydrogen-bond donors (Lipinski definition) is 1. The summed E-state index contributed by atoms with van der Waals surface area (Å²) in [7, 11) is 0. The van der Waals surface area contributed by atoms with Crippen LogP contribution in [0.3, 0.4) is 0 Å². The molecule has 0 saturated heterocycles. The fourth-order valence-electron chi connectivity index (χ4n) is 1.65. The van der Waals surface area contributed by atoms with E-state index in [4.69, 9.17) is 5.11 Å². The van der Waals surface area contributed by atoms with Gasteiger partial charge in [0.1, 0.15) is 0 Å². The van der Waals surface area contributed by atoms with Gasteiger partial charge in [-0.2, -0.15) is 0 Å². The third-order valence-electron chi connectivity index (χ3n) is 2.23. The van der Waals surface area contributed by atoms with Gasteiger partial charge in [0.2, 0.25) is 0 Å². The number of halogens is 1. The van der Waals surface area contributed by atoms with Crippen LogP contribution in [0.1, 0.15) is 37.5 Å².